The highest BCUT2D eigenvalue weighted by atomic mass is 35.5. The number of rotatable bonds is 5. The lowest BCUT2D eigenvalue weighted by Crippen LogP contribution is -2.46. The van der Waals surface area contributed by atoms with E-state index in [2.05, 4.69) is 5.10 Å². The quantitative estimate of drug-likeness (QED) is 0.904. The molecule has 1 rings (SSSR count). The van der Waals surface area contributed by atoms with Crippen LogP contribution < -0.4 is 10.6 Å². The summed E-state index contributed by atoms with van der Waals surface area (Å²) in [6.07, 6.45) is 5.02. The Hall–Kier alpha value is -0.780. The summed E-state index contributed by atoms with van der Waals surface area (Å²) in [5.74, 6) is 0.0676. The first-order valence-electron chi connectivity index (χ1n) is 5.97. The van der Waals surface area contributed by atoms with Crippen LogP contribution in [-0.4, -0.2) is 29.3 Å². The molecule has 0 aromatic carbocycles. The first kappa shape index (κ1) is 20.5. The van der Waals surface area contributed by atoms with Gasteiger partial charge in [-0.15, -0.1) is 24.8 Å². The van der Waals surface area contributed by atoms with Gasteiger partial charge in [0.25, 0.3) is 0 Å². The summed E-state index contributed by atoms with van der Waals surface area (Å²) in [5.41, 5.74) is 6.13. The number of carbonyl (C=O) groups excluding carboxylic acids is 1. The fourth-order valence-electron chi connectivity index (χ4n) is 1.98. The third-order valence-electron chi connectivity index (χ3n) is 3.58. The molecule has 0 fully saturated rings. The third kappa shape index (κ3) is 4.09. The second-order valence-electron chi connectivity index (χ2n) is 4.43. The smallest absolute Gasteiger partial charge is 0.234 e. The molecule has 5 nitrogen and oxygen atoms in total. The van der Waals surface area contributed by atoms with E-state index in [1.807, 2.05) is 27.1 Å². The molecule has 1 amide bonds. The lowest BCUT2D eigenvalue weighted by Gasteiger charge is -2.32. The van der Waals surface area contributed by atoms with Crippen LogP contribution in [0.4, 0.5) is 5.69 Å². The van der Waals surface area contributed by atoms with Gasteiger partial charge in [0.15, 0.2) is 0 Å². The number of aromatic nitrogens is 2. The average molecular weight is 311 g/mol. The van der Waals surface area contributed by atoms with Crippen molar-refractivity contribution in [2.75, 3.05) is 18.5 Å². The molecule has 1 aromatic heterocycles. The van der Waals surface area contributed by atoms with Gasteiger partial charge in [0.1, 0.15) is 0 Å². The summed E-state index contributed by atoms with van der Waals surface area (Å²) in [7, 11) is 3.60. The van der Waals surface area contributed by atoms with Crippen LogP contribution in [-0.2, 0) is 11.8 Å². The molecule has 112 valence electrons. The zero-order valence-electron chi connectivity index (χ0n) is 11.9. The Morgan fingerprint density at radius 2 is 1.95 bits per heavy atom. The highest BCUT2D eigenvalue weighted by Crippen LogP contribution is 2.29. The van der Waals surface area contributed by atoms with Gasteiger partial charge < -0.3 is 10.6 Å². The van der Waals surface area contributed by atoms with E-state index in [9.17, 15) is 4.79 Å². The molecule has 0 atom stereocenters. The number of nitrogens with zero attached hydrogens (tertiary/aromatic N) is 3. The molecule has 0 saturated carbocycles. The molecule has 0 aliphatic heterocycles. The van der Waals surface area contributed by atoms with E-state index < -0.39 is 5.41 Å². The highest BCUT2D eigenvalue weighted by Gasteiger charge is 2.36. The van der Waals surface area contributed by atoms with Crippen molar-refractivity contribution in [1.29, 1.82) is 0 Å². The largest absolute Gasteiger partial charge is 0.329 e. The first-order valence-corrected chi connectivity index (χ1v) is 5.97. The van der Waals surface area contributed by atoms with E-state index in [4.69, 9.17) is 5.73 Å². The normalized spacial score (nSPS) is 10.4. The molecule has 0 unspecified atom stereocenters. The Morgan fingerprint density at radius 1 is 1.42 bits per heavy atom. The Morgan fingerprint density at radius 3 is 2.26 bits per heavy atom. The van der Waals surface area contributed by atoms with Crippen molar-refractivity contribution in [3.63, 3.8) is 0 Å². The fourth-order valence-corrected chi connectivity index (χ4v) is 1.98. The number of anilines is 1. The molecule has 2 N–H and O–H groups in total. The van der Waals surface area contributed by atoms with Gasteiger partial charge >= 0.3 is 0 Å². The molecule has 1 aromatic rings. The molecular weight excluding hydrogens is 287 g/mol. The van der Waals surface area contributed by atoms with Crippen molar-refractivity contribution in [3.8, 4) is 0 Å². The van der Waals surface area contributed by atoms with Crippen LogP contribution in [0.1, 0.15) is 26.7 Å². The Bertz CT molecular complexity index is 383. The van der Waals surface area contributed by atoms with Crippen LogP contribution in [0.15, 0.2) is 12.4 Å². The molecule has 0 aliphatic rings. The topological polar surface area (TPSA) is 64.2 Å². The minimum absolute atomic E-state index is 0. The number of nitrogens with two attached hydrogens (primary N) is 1. The third-order valence-corrected chi connectivity index (χ3v) is 3.58. The minimum Gasteiger partial charge on any atom is -0.329 e. The zero-order valence-corrected chi connectivity index (χ0v) is 13.6. The van der Waals surface area contributed by atoms with Gasteiger partial charge in [0.2, 0.25) is 5.91 Å². The van der Waals surface area contributed by atoms with E-state index in [1.165, 1.54) is 0 Å². The number of carbonyl (C=O) groups is 1. The number of hydrogen-bond acceptors (Lipinski definition) is 3. The number of aryl methyl sites for hydroxylation is 1. The van der Waals surface area contributed by atoms with Crippen molar-refractivity contribution in [2.45, 2.75) is 26.7 Å². The summed E-state index contributed by atoms with van der Waals surface area (Å²) in [6, 6.07) is 0. The zero-order chi connectivity index (χ0) is 13.1. The molecule has 0 saturated heterocycles. The summed E-state index contributed by atoms with van der Waals surface area (Å²) >= 11 is 0. The first-order chi connectivity index (χ1) is 8.00. The van der Waals surface area contributed by atoms with E-state index in [0.717, 1.165) is 18.5 Å². The predicted molar refractivity (Wildman–Crippen MR) is 83.2 cm³/mol. The molecule has 0 aliphatic carbocycles. The Balaban J connectivity index is 0. The minimum atomic E-state index is -0.454. The van der Waals surface area contributed by atoms with Crippen molar-refractivity contribution >= 4 is 36.4 Å². The standard InChI is InChI=1S/C12H22N4O.2ClH/c1-5-12(6-2,9-13)11(17)16(4)10-7-14-15(3)8-10;;/h7-8H,5-6,9,13H2,1-4H3;2*1H. The molecular formula is C12H24Cl2N4O. The van der Waals surface area contributed by atoms with Gasteiger partial charge in [-0.3, -0.25) is 9.48 Å². The second kappa shape index (κ2) is 8.40. The Kier molecular flexibility index (Phi) is 9.08. The molecule has 7 heteroatoms. The number of halogens is 2. The van der Waals surface area contributed by atoms with E-state index >= 15 is 0 Å². The van der Waals surface area contributed by atoms with E-state index in [1.54, 1.807) is 22.8 Å². The molecule has 19 heavy (non-hydrogen) atoms. The van der Waals surface area contributed by atoms with Gasteiger partial charge in [-0.05, 0) is 12.8 Å². The van der Waals surface area contributed by atoms with E-state index in [-0.39, 0.29) is 30.7 Å². The monoisotopic (exact) mass is 310 g/mol. The predicted octanol–water partition coefficient (Wildman–Crippen LogP) is 1.99. The molecule has 1 heterocycles. The molecule has 0 bridgehead atoms. The van der Waals surface area contributed by atoms with Crippen LogP contribution in [0.25, 0.3) is 0 Å². The van der Waals surface area contributed by atoms with Gasteiger partial charge in [-0.2, -0.15) is 5.10 Å². The van der Waals surface area contributed by atoms with Crippen LogP contribution in [0.5, 0.6) is 0 Å². The van der Waals surface area contributed by atoms with Crippen molar-refractivity contribution in [1.82, 2.24) is 9.78 Å². The highest BCUT2D eigenvalue weighted by molar-refractivity contribution is 5.97. The van der Waals surface area contributed by atoms with Gasteiger partial charge in [-0.25, -0.2) is 0 Å². The van der Waals surface area contributed by atoms with Crippen LogP contribution >= 0.6 is 24.8 Å². The van der Waals surface area contributed by atoms with Crippen molar-refractivity contribution < 1.29 is 4.79 Å². The number of amides is 1. The van der Waals surface area contributed by atoms with Crippen LogP contribution in [0.2, 0.25) is 0 Å². The fraction of sp³-hybridized carbons (Fsp3) is 0.667. The van der Waals surface area contributed by atoms with Crippen LogP contribution in [0.3, 0.4) is 0 Å². The van der Waals surface area contributed by atoms with Gasteiger partial charge in [-0.1, -0.05) is 13.8 Å². The maximum atomic E-state index is 12.5. The van der Waals surface area contributed by atoms with Gasteiger partial charge in [0.05, 0.1) is 17.3 Å². The second-order valence-corrected chi connectivity index (χ2v) is 4.43. The summed E-state index contributed by atoms with van der Waals surface area (Å²) in [6.45, 7) is 4.39. The van der Waals surface area contributed by atoms with E-state index in [0.29, 0.717) is 6.54 Å². The lowest BCUT2D eigenvalue weighted by molar-refractivity contribution is -0.127. The lowest BCUT2D eigenvalue weighted by atomic mass is 9.81. The summed E-state index contributed by atoms with van der Waals surface area (Å²) in [4.78, 5) is 14.1. The summed E-state index contributed by atoms with van der Waals surface area (Å²) in [5, 5.41) is 4.07. The molecule has 0 spiro atoms. The van der Waals surface area contributed by atoms with Crippen LogP contribution in [0, 0.1) is 5.41 Å². The van der Waals surface area contributed by atoms with Crippen molar-refractivity contribution in [2.24, 2.45) is 18.2 Å². The Labute approximate surface area is 127 Å². The maximum Gasteiger partial charge on any atom is 0.234 e. The summed E-state index contributed by atoms with van der Waals surface area (Å²) < 4.78 is 1.68. The molecule has 0 radical (unpaired) electrons. The van der Waals surface area contributed by atoms with Gasteiger partial charge in [0, 0.05) is 26.8 Å². The maximum absolute atomic E-state index is 12.5. The average Bonchev–Trinajstić information content (AvgIpc) is 2.77. The SMILES string of the molecule is CCC(CC)(CN)C(=O)N(C)c1cnn(C)c1.Cl.Cl. The number of hydrogen-bond donors (Lipinski definition) is 1. The van der Waals surface area contributed by atoms with Crippen molar-refractivity contribution in [3.05, 3.63) is 12.4 Å².